The first-order valence-electron chi connectivity index (χ1n) is 18.3. The molecule has 0 bridgehead atoms. The second-order valence-electron chi connectivity index (χ2n) is 12.3. The molecule has 0 aliphatic carbocycles. The van der Waals surface area contributed by atoms with Crippen molar-refractivity contribution >= 4 is 71.7 Å². The molecule has 230 valence electrons. The van der Waals surface area contributed by atoms with Crippen LogP contribution in [0, 0.1) is 0 Å². The Balaban J connectivity index is 1.07. The van der Waals surface area contributed by atoms with Crippen LogP contribution in [-0.2, 0) is 0 Å². The number of rotatable bonds is 5. The second kappa shape index (κ2) is 11.0. The zero-order valence-corrected chi connectivity index (χ0v) is 26.2. The van der Waals surface area contributed by atoms with E-state index < -0.39 is 0 Å². The minimum Gasteiger partial charge on any atom is -0.456 e. The molecule has 49 heavy (non-hydrogen) atoms. The minimum absolute atomic E-state index is 0.0974. The van der Waals surface area contributed by atoms with E-state index in [1.807, 2.05) is 42.5 Å². The number of fused-ring (bicyclic) bond motifs is 7. The van der Waals surface area contributed by atoms with Gasteiger partial charge in [0.25, 0.3) is 0 Å². The van der Waals surface area contributed by atoms with Gasteiger partial charge < -0.3 is 13.7 Å². The van der Waals surface area contributed by atoms with Crippen LogP contribution in [0.25, 0.3) is 76.9 Å². The molecule has 0 radical (unpaired) electrons. The Labute approximate surface area is 288 Å². The first-order chi connectivity index (χ1) is 25.9. The van der Waals surface area contributed by atoms with Crippen LogP contribution in [0.1, 0.15) is 5.48 Å². The van der Waals surface area contributed by atoms with Gasteiger partial charge in [-0.3, -0.25) is 0 Å². The summed E-state index contributed by atoms with van der Waals surface area (Å²) < 4.78 is 45.6. The van der Waals surface area contributed by atoms with E-state index in [2.05, 4.69) is 114 Å². The smallest absolute Gasteiger partial charge is 0.143 e. The summed E-state index contributed by atoms with van der Waals surface area (Å²) in [7, 11) is 0. The van der Waals surface area contributed by atoms with Crippen molar-refractivity contribution in [3.05, 3.63) is 176 Å². The standard InChI is InChI=1S/C46H29NO2/c1-2-9-33-28-37(26-18-30(33)8-1)47(35-22-16-31(17-23-35)34-21-27-45-42(29-34)40-11-4-5-14-43(40)48-45)36-24-19-32(20-25-36)38-12-7-13-41-39-10-3-6-15-44(39)49-46(38)41/h1-29H/i3D,6D,10D,15D. The number of hydrogen-bond acceptors (Lipinski definition) is 3. The van der Waals surface area contributed by atoms with E-state index >= 15 is 0 Å². The summed E-state index contributed by atoms with van der Waals surface area (Å²) in [5.74, 6) is 0. The van der Waals surface area contributed by atoms with E-state index in [0.717, 1.165) is 66.6 Å². The molecule has 0 unspecified atom stereocenters. The van der Waals surface area contributed by atoms with Crippen molar-refractivity contribution < 1.29 is 14.3 Å². The molecule has 0 atom stereocenters. The summed E-state index contributed by atoms with van der Waals surface area (Å²) >= 11 is 0. The maximum atomic E-state index is 8.55. The number of anilines is 3. The summed E-state index contributed by atoms with van der Waals surface area (Å²) in [6.07, 6.45) is 0. The molecule has 0 N–H and O–H groups in total. The maximum absolute atomic E-state index is 8.55. The van der Waals surface area contributed by atoms with Crippen LogP contribution in [0.5, 0.6) is 0 Å². The van der Waals surface area contributed by atoms with Gasteiger partial charge in [0, 0.05) is 44.2 Å². The van der Waals surface area contributed by atoms with Gasteiger partial charge in [-0.15, -0.1) is 0 Å². The summed E-state index contributed by atoms with van der Waals surface area (Å²) in [6.45, 7) is 0. The van der Waals surface area contributed by atoms with E-state index in [0.29, 0.717) is 16.4 Å². The lowest BCUT2D eigenvalue weighted by Crippen LogP contribution is -2.09. The van der Waals surface area contributed by atoms with E-state index in [1.54, 1.807) is 0 Å². The Morgan fingerprint density at radius 3 is 1.94 bits per heavy atom. The Bertz CT molecular complexity index is 3050. The highest BCUT2D eigenvalue weighted by atomic mass is 16.3. The fraction of sp³-hybridized carbons (Fsp3) is 0. The lowest BCUT2D eigenvalue weighted by molar-refractivity contribution is 0.669. The maximum Gasteiger partial charge on any atom is 0.143 e. The number of furan rings is 2. The zero-order valence-electron chi connectivity index (χ0n) is 30.2. The third-order valence-corrected chi connectivity index (χ3v) is 9.40. The van der Waals surface area contributed by atoms with Crippen LogP contribution in [0.15, 0.2) is 185 Å². The van der Waals surface area contributed by atoms with Crippen molar-refractivity contribution in [2.24, 2.45) is 0 Å². The minimum atomic E-state index is -0.304. The number of para-hydroxylation sites is 3. The van der Waals surface area contributed by atoms with Crippen molar-refractivity contribution in [2.45, 2.75) is 0 Å². The predicted molar refractivity (Wildman–Crippen MR) is 204 cm³/mol. The van der Waals surface area contributed by atoms with Crippen LogP contribution in [0.2, 0.25) is 0 Å². The van der Waals surface area contributed by atoms with Gasteiger partial charge in [0.2, 0.25) is 0 Å². The molecule has 0 aliphatic heterocycles. The average Bonchev–Trinajstić information content (AvgIpc) is 3.79. The van der Waals surface area contributed by atoms with Crippen molar-refractivity contribution in [1.82, 2.24) is 0 Å². The second-order valence-corrected chi connectivity index (χ2v) is 12.3. The molecule has 8 aromatic carbocycles. The SMILES string of the molecule is [2H]c1c([2H])c([2H])c2c(oc3c(-c4ccc(N(c5ccc(-c6ccc7oc8ccccc8c7c6)cc5)c5ccc6ccccc6c5)cc4)cccc32)c1[2H]. The van der Waals surface area contributed by atoms with E-state index in [1.165, 1.54) is 5.39 Å². The quantitative estimate of drug-likeness (QED) is 0.189. The fourth-order valence-corrected chi connectivity index (χ4v) is 7.00. The molecule has 0 spiro atoms. The molecule has 10 rings (SSSR count). The van der Waals surface area contributed by atoms with Crippen molar-refractivity contribution in [3.8, 4) is 22.3 Å². The molecule has 0 saturated carbocycles. The van der Waals surface area contributed by atoms with Crippen LogP contribution in [0.3, 0.4) is 0 Å². The van der Waals surface area contributed by atoms with E-state index in [9.17, 15) is 0 Å². The van der Waals surface area contributed by atoms with Crippen LogP contribution in [0.4, 0.5) is 17.1 Å². The number of benzene rings is 8. The Morgan fingerprint density at radius 1 is 0.408 bits per heavy atom. The average molecular weight is 632 g/mol. The highest BCUT2D eigenvalue weighted by Gasteiger charge is 2.16. The van der Waals surface area contributed by atoms with E-state index in [-0.39, 0.29) is 29.8 Å². The summed E-state index contributed by atoms with van der Waals surface area (Å²) in [5.41, 5.74) is 9.41. The summed E-state index contributed by atoms with van der Waals surface area (Å²) in [5, 5.41) is 5.58. The molecular formula is C46H29NO2. The van der Waals surface area contributed by atoms with Gasteiger partial charge in [-0.05, 0) is 88.1 Å². The molecule has 10 aromatic rings. The summed E-state index contributed by atoms with van der Waals surface area (Å²) in [4.78, 5) is 2.25. The van der Waals surface area contributed by atoms with Gasteiger partial charge in [0.1, 0.15) is 22.3 Å². The Kier molecular flexibility index (Phi) is 5.32. The monoisotopic (exact) mass is 631 g/mol. The van der Waals surface area contributed by atoms with Crippen molar-refractivity contribution in [3.63, 3.8) is 0 Å². The molecule has 0 aliphatic rings. The van der Waals surface area contributed by atoms with Gasteiger partial charge in [0.05, 0.1) is 5.48 Å². The first-order valence-corrected chi connectivity index (χ1v) is 16.3. The largest absolute Gasteiger partial charge is 0.456 e. The lowest BCUT2D eigenvalue weighted by Gasteiger charge is -2.26. The third-order valence-electron chi connectivity index (χ3n) is 9.40. The number of nitrogens with zero attached hydrogens (tertiary/aromatic N) is 1. The van der Waals surface area contributed by atoms with Crippen molar-refractivity contribution in [2.75, 3.05) is 4.90 Å². The first kappa shape index (κ1) is 23.7. The van der Waals surface area contributed by atoms with Gasteiger partial charge in [-0.2, -0.15) is 0 Å². The molecule has 2 heterocycles. The predicted octanol–water partition coefficient (Wildman–Crippen LogP) is 13.4. The molecule has 0 saturated heterocycles. The van der Waals surface area contributed by atoms with Gasteiger partial charge >= 0.3 is 0 Å². The molecule has 2 aromatic heterocycles. The highest BCUT2D eigenvalue weighted by Crippen LogP contribution is 2.40. The highest BCUT2D eigenvalue weighted by molar-refractivity contribution is 6.10. The summed E-state index contributed by atoms with van der Waals surface area (Å²) in [6, 6.07) is 51.1. The van der Waals surface area contributed by atoms with E-state index in [4.69, 9.17) is 14.3 Å². The molecule has 0 amide bonds. The Hall–Kier alpha value is -6.58. The topological polar surface area (TPSA) is 29.5 Å². The molecule has 0 fully saturated rings. The van der Waals surface area contributed by atoms with Gasteiger partial charge in [-0.25, -0.2) is 0 Å². The van der Waals surface area contributed by atoms with Crippen LogP contribution in [-0.4, -0.2) is 0 Å². The molecular weight excluding hydrogens is 599 g/mol. The van der Waals surface area contributed by atoms with Crippen molar-refractivity contribution in [1.29, 1.82) is 0 Å². The van der Waals surface area contributed by atoms with Crippen LogP contribution < -0.4 is 4.90 Å². The number of hydrogen-bond donors (Lipinski definition) is 0. The normalized spacial score (nSPS) is 12.8. The Morgan fingerprint density at radius 2 is 1.08 bits per heavy atom. The molecule has 3 heteroatoms. The zero-order chi connectivity index (χ0) is 35.8. The van der Waals surface area contributed by atoms with Gasteiger partial charge in [0.15, 0.2) is 0 Å². The fourth-order valence-electron chi connectivity index (χ4n) is 7.00. The molecule has 3 nitrogen and oxygen atoms in total. The van der Waals surface area contributed by atoms with Gasteiger partial charge in [-0.1, -0.05) is 115 Å². The lowest BCUT2D eigenvalue weighted by atomic mass is 10.0. The third kappa shape index (κ3) is 4.59. The van der Waals surface area contributed by atoms with Crippen LogP contribution >= 0.6 is 0 Å².